The van der Waals surface area contributed by atoms with Crippen LogP contribution in [0.4, 0.5) is 0 Å². The Morgan fingerprint density at radius 2 is 1.41 bits per heavy atom. The highest BCUT2D eigenvalue weighted by Gasteiger charge is 2.66. The second-order valence-electron chi connectivity index (χ2n) is 8.17. The van der Waals surface area contributed by atoms with E-state index in [1.165, 1.54) is 21.3 Å². The third-order valence-corrected chi connectivity index (χ3v) is 6.86. The summed E-state index contributed by atoms with van der Waals surface area (Å²) in [5.41, 5.74) is -1.31. The van der Waals surface area contributed by atoms with Gasteiger partial charge in [0, 0.05) is 22.0 Å². The second-order valence-corrected chi connectivity index (χ2v) is 9.09. The zero-order chi connectivity index (χ0) is 24.5. The van der Waals surface area contributed by atoms with Gasteiger partial charge < -0.3 is 18.9 Å². The first kappa shape index (κ1) is 23.8. The third kappa shape index (κ3) is 3.72. The van der Waals surface area contributed by atoms with E-state index < -0.39 is 28.7 Å². The average molecular weight is 527 g/mol. The SMILES string of the molecule is COC(=O)C12C=C(c3ccccc3)OC(c3ccc(Br)cc3)=C1CC(C(=O)OC)(C(=O)OC)C2. The monoisotopic (exact) mass is 526 g/mol. The van der Waals surface area contributed by atoms with Crippen LogP contribution in [0.25, 0.3) is 11.5 Å². The van der Waals surface area contributed by atoms with Crippen molar-refractivity contribution in [2.24, 2.45) is 10.8 Å². The number of carbonyl (C=O) groups is 3. The number of ether oxygens (including phenoxy) is 4. The Morgan fingerprint density at radius 1 is 0.824 bits per heavy atom. The lowest BCUT2D eigenvalue weighted by molar-refractivity contribution is -0.169. The number of esters is 3. The minimum Gasteiger partial charge on any atom is -0.468 e. The van der Waals surface area contributed by atoms with E-state index in [4.69, 9.17) is 18.9 Å². The number of rotatable bonds is 5. The molecule has 1 aliphatic carbocycles. The molecule has 7 nitrogen and oxygen atoms in total. The summed E-state index contributed by atoms with van der Waals surface area (Å²) < 4.78 is 22.5. The van der Waals surface area contributed by atoms with Crippen LogP contribution in [-0.4, -0.2) is 39.2 Å². The number of halogens is 1. The van der Waals surface area contributed by atoms with Crippen molar-refractivity contribution in [1.29, 1.82) is 0 Å². The van der Waals surface area contributed by atoms with Crippen molar-refractivity contribution in [3.63, 3.8) is 0 Å². The van der Waals surface area contributed by atoms with Crippen LogP contribution in [0, 0.1) is 10.8 Å². The highest BCUT2D eigenvalue weighted by atomic mass is 79.9. The molecule has 2 aliphatic rings. The van der Waals surface area contributed by atoms with E-state index in [0.29, 0.717) is 22.7 Å². The zero-order valence-corrected chi connectivity index (χ0v) is 20.5. The Morgan fingerprint density at radius 3 is 1.97 bits per heavy atom. The minimum atomic E-state index is -1.74. The predicted octanol–water partition coefficient (Wildman–Crippen LogP) is 4.52. The highest BCUT2D eigenvalue weighted by molar-refractivity contribution is 9.10. The van der Waals surface area contributed by atoms with Crippen LogP contribution in [0.5, 0.6) is 0 Å². The second kappa shape index (κ2) is 9.10. The molecule has 1 heterocycles. The standard InChI is InChI=1S/C26H23BrO7/c1-31-22(28)25-14-20(16-7-5-4-6-8-16)34-21(17-9-11-18(27)12-10-17)19(25)13-26(15-25,23(29)32-2)24(30)33-3/h4-12,14H,13,15H2,1-3H3. The van der Waals surface area contributed by atoms with Crippen molar-refractivity contribution in [1.82, 2.24) is 0 Å². The summed E-state index contributed by atoms with van der Waals surface area (Å²) in [6.45, 7) is 0. The van der Waals surface area contributed by atoms with Crippen molar-refractivity contribution in [2.75, 3.05) is 21.3 Å². The van der Waals surface area contributed by atoms with Gasteiger partial charge in [0.15, 0.2) is 5.41 Å². The van der Waals surface area contributed by atoms with Gasteiger partial charge in [0.25, 0.3) is 0 Å². The first-order chi connectivity index (χ1) is 16.3. The molecule has 0 amide bonds. The maximum absolute atomic E-state index is 13.4. The van der Waals surface area contributed by atoms with E-state index in [1.807, 2.05) is 54.6 Å². The summed E-state index contributed by atoms with van der Waals surface area (Å²) >= 11 is 3.43. The van der Waals surface area contributed by atoms with Crippen LogP contribution in [-0.2, 0) is 33.3 Å². The molecule has 176 valence electrons. The summed E-state index contributed by atoms with van der Waals surface area (Å²) in [5, 5.41) is 0. The number of fused-ring (bicyclic) bond motifs is 1. The molecule has 8 heteroatoms. The van der Waals surface area contributed by atoms with E-state index in [2.05, 4.69) is 15.9 Å². The van der Waals surface area contributed by atoms with Gasteiger partial charge in [-0.1, -0.05) is 58.4 Å². The molecule has 34 heavy (non-hydrogen) atoms. The first-order valence-corrected chi connectivity index (χ1v) is 11.3. The van der Waals surface area contributed by atoms with Gasteiger partial charge in [-0.3, -0.25) is 14.4 Å². The Hall–Kier alpha value is -3.39. The van der Waals surface area contributed by atoms with Gasteiger partial charge in [-0.15, -0.1) is 0 Å². The van der Waals surface area contributed by atoms with Crippen LogP contribution in [0.2, 0.25) is 0 Å². The molecule has 0 bridgehead atoms. The molecule has 2 aromatic rings. The van der Waals surface area contributed by atoms with Crippen molar-refractivity contribution < 1.29 is 33.3 Å². The number of hydrogen-bond acceptors (Lipinski definition) is 7. The lowest BCUT2D eigenvalue weighted by Gasteiger charge is -2.32. The maximum Gasteiger partial charge on any atom is 0.323 e. The van der Waals surface area contributed by atoms with Crippen LogP contribution in [0.15, 0.2) is 70.7 Å². The number of methoxy groups -OCH3 is 3. The van der Waals surface area contributed by atoms with Crippen LogP contribution in [0.3, 0.4) is 0 Å². The van der Waals surface area contributed by atoms with E-state index in [-0.39, 0.29) is 12.8 Å². The number of carbonyl (C=O) groups excluding carboxylic acids is 3. The van der Waals surface area contributed by atoms with E-state index in [0.717, 1.165) is 10.0 Å². The van der Waals surface area contributed by atoms with E-state index in [9.17, 15) is 14.4 Å². The molecular formula is C26H23BrO7. The topological polar surface area (TPSA) is 88.1 Å². The van der Waals surface area contributed by atoms with Gasteiger partial charge in [-0.05, 0) is 30.2 Å². The molecule has 1 saturated carbocycles. The zero-order valence-electron chi connectivity index (χ0n) is 18.9. The van der Waals surface area contributed by atoms with Crippen molar-refractivity contribution in [2.45, 2.75) is 12.8 Å². The lowest BCUT2D eigenvalue weighted by atomic mass is 9.76. The molecule has 1 unspecified atom stereocenters. The highest BCUT2D eigenvalue weighted by Crippen LogP contribution is 2.60. The summed E-state index contributed by atoms with van der Waals surface area (Å²) in [4.78, 5) is 39.4. The smallest absolute Gasteiger partial charge is 0.323 e. The first-order valence-electron chi connectivity index (χ1n) is 10.5. The fourth-order valence-corrected chi connectivity index (χ4v) is 4.99. The molecule has 0 spiro atoms. The van der Waals surface area contributed by atoms with E-state index in [1.54, 1.807) is 6.08 Å². The minimum absolute atomic E-state index is 0.120. The van der Waals surface area contributed by atoms with Crippen molar-refractivity contribution in [3.8, 4) is 0 Å². The van der Waals surface area contributed by atoms with Gasteiger partial charge in [0.2, 0.25) is 0 Å². The Kier molecular flexibility index (Phi) is 6.36. The lowest BCUT2D eigenvalue weighted by Crippen LogP contribution is -2.41. The molecule has 1 aliphatic heterocycles. The largest absolute Gasteiger partial charge is 0.468 e. The van der Waals surface area contributed by atoms with E-state index >= 15 is 0 Å². The summed E-state index contributed by atoms with van der Waals surface area (Å²) in [7, 11) is 3.67. The molecular weight excluding hydrogens is 504 g/mol. The van der Waals surface area contributed by atoms with Crippen molar-refractivity contribution >= 4 is 45.4 Å². The summed E-state index contributed by atoms with van der Waals surface area (Å²) in [6.07, 6.45) is 1.31. The molecule has 4 rings (SSSR count). The summed E-state index contributed by atoms with van der Waals surface area (Å²) in [6, 6.07) is 16.6. The molecule has 0 aromatic heterocycles. The Bertz CT molecular complexity index is 1180. The normalized spacial score (nSPS) is 20.5. The summed E-state index contributed by atoms with van der Waals surface area (Å²) in [5.74, 6) is -1.38. The Balaban J connectivity index is 2.03. The molecule has 0 N–H and O–H groups in total. The predicted molar refractivity (Wildman–Crippen MR) is 127 cm³/mol. The maximum atomic E-state index is 13.4. The molecule has 0 saturated heterocycles. The Labute approximate surface area is 205 Å². The fourth-order valence-electron chi connectivity index (χ4n) is 4.73. The van der Waals surface area contributed by atoms with Crippen LogP contribution >= 0.6 is 15.9 Å². The molecule has 1 fully saturated rings. The molecule has 0 radical (unpaired) electrons. The van der Waals surface area contributed by atoms with Gasteiger partial charge in [0.05, 0.1) is 21.3 Å². The average Bonchev–Trinajstić information content (AvgIpc) is 3.25. The van der Waals surface area contributed by atoms with Crippen molar-refractivity contribution in [3.05, 3.63) is 81.8 Å². The quantitative estimate of drug-likeness (QED) is 0.321. The fraction of sp³-hybridized carbons (Fsp3) is 0.269. The van der Waals surface area contributed by atoms with Crippen LogP contribution < -0.4 is 0 Å². The third-order valence-electron chi connectivity index (χ3n) is 6.33. The van der Waals surface area contributed by atoms with Crippen LogP contribution in [0.1, 0.15) is 24.0 Å². The van der Waals surface area contributed by atoms with Gasteiger partial charge in [-0.25, -0.2) is 0 Å². The number of benzene rings is 2. The molecule has 2 aromatic carbocycles. The van der Waals surface area contributed by atoms with Gasteiger partial charge >= 0.3 is 17.9 Å². The molecule has 1 atom stereocenters. The number of hydrogen-bond donors (Lipinski definition) is 0. The van der Waals surface area contributed by atoms with Gasteiger partial charge in [-0.2, -0.15) is 0 Å². The van der Waals surface area contributed by atoms with Gasteiger partial charge in [0.1, 0.15) is 16.9 Å².